The summed E-state index contributed by atoms with van der Waals surface area (Å²) < 4.78 is 0. The van der Waals surface area contributed by atoms with Crippen molar-refractivity contribution in [3.63, 3.8) is 0 Å². The number of aromatic amines is 1. The highest BCUT2D eigenvalue weighted by Crippen LogP contribution is 2.19. The van der Waals surface area contributed by atoms with Crippen LogP contribution in [-0.2, 0) is 11.2 Å². The lowest BCUT2D eigenvalue weighted by Gasteiger charge is -2.05. The molecule has 2 rings (SSSR count). The summed E-state index contributed by atoms with van der Waals surface area (Å²) in [5.74, 6) is -0.927. The summed E-state index contributed by atoms with van der Waals surface area (Å²) in [4.78, 5) is 13.8. The number of nitrogens with one attached hydrogen (secondary N) is 1. The first-order valence-electron chi connectivity index (χ1n) is 5.72. The molecule has 4 N–H and O–H groups in total. The Morgan fingerprint density at radius 1 is 1.41 bits per heavy atom. The van der Waals surface area contributed by atoms with Gasteiger partial charge < -0.3 is 15.8 Å². The van der Waals surface area contributed by atoms with Crippen molar-refractivity contribution in [3.05, 3.63) is 36.0 Å². The first kappa shape index (κ1) is 11.7. The lowest BCUT2D eigenvalue weighted by molar-refractivity contribution is -0.138. The molecule has 4 heteroatoms. The van der Waals surface area contributed by atoms with Gasteiger partial charge in [0, 0.05) is 17.1 Å². The molecule has 0 amide bonds. The van der Waals surface area contributed by atoms with Crippen molar-refractivity contribution in [2.75, 3.05) is 0 Å². The van der Waals surface area contributed by atoms with Gasteiger partial charge in [0.05, 0.1) is 0 Å². The molecule has 0 radical (unpaired) electrons. The zero-order chi connectivity index (χ0) is 12.3. The highest BCUT2D eigenvalue weighted by Gasteiger charge is 2.11. The normalized spacial score (nSPS) is 12.8. The average molecular weight is 232 g/mol. The number of H-pyrrole nitrogens is 1. The largest absolute Gasteiger partial charge is 0.480 e. The van der Waals surface area contributed by atoms with E-state index in [-0.39, 0.29) is 0 Å². The second-order valence-electron chi connectivity index (χ2n) is 4.20. The summed E-state index contributed by atoms with van der Waals surface area (Å²) in [7, 11) is 0. The Bertz CT molecular complexity index is 519. The van der Waals surface area contributed by atoms with Crippen LogP contribution in [0.5, 0.6) is 0 Å². The van der Waals surface area contributed by atoms with Crippen LogP contribution in [0.25, 0.3) is 10.9 Å². The van der Waals surface area contributed by atoms with E-state index >= 15 is 0 Å². The van der Waals surface area contributed by atoms with E-state index in [1.165, 1.54) is 10.9 Å². The van der Waals surface area contributed by atoms with Gasteiger partial charge in [-0.25, -0.2) is 0 Å². The van der Waals surface area contributed by atoms with Gasteiger partial charge in [-0.1, -0.05) is 18.2 Å². The Morgan fingerprint density at radius 2 is 2.18 bits per heavy atom. The molecule has 1 atom stereocenters. The molecule has 4 nitrogen and oxygen atoms in total. The molecule has 0 fully saturated rings. The van der Waals surface area contributed by atoms with Crippen LogP contribution in [0.1, 0.15) is 18.4 Å². The van der Waals surface area contributed by atoms with Crippen LogP contribution in [0.4, 0.5) is 0 Å². The molecule has 0 saturated carbocycles. The third-order valence-corrected chi connectivity index (χ3v) is 2.95. The summed E-state index contributed by atoms with van der Waals surface area (Å²) >= 11 is 0. The van der Waals surface area contributed by atoms with E-state index in [0.717, 1.165) is 18.4 Å². The van der Waals surface area contributed by atoms with E-state index in [1.807, 2.05) is 24.4 Å². The second-order valence-corrected chi connectivity index (χ2v) is 4.20. The molecule has 0 aliphatic carbocycles. The number of aryl methyl sites for hydroxylation is 1. The summed E-state index contributed by atoms with van der Waals surface area (Å²) in [5.41, 5.74) is 7.80. The molecular formula is C13H16N2O2. The predicted octanol–water partition coefficient (Wildman–Crippen LogP) is 1.90. The number of rotatable bonds is 5. The quantitative estimate of drug-likeness (QED) is 0.736. The summed E-state index contributed by atoms with van der Waals surface area (Å²) in [5, 5.41) is 9.88. The van der Waals surface area contributed by atoms with Gasteiger partial charge in [-0.3, -0.25) is 4.79 Å². The second kappa shape index (κ2) is 5.01. The van der Waals surface area contributed by atoms with Crippen molar-refractivity contribution in [1.82, 2.24) is 4.98 Å². The Balaban J connectivity index is 1.98. The SMILES string of the molecule is NC(CCCc1c[nH]c2ccccc12)C(=O)O. The third kappa shape index (κ3) is 2.65. The molecule has 1 heterocycles. The van der Waals surface area contributed by atoms with Gasteiger partial charge in [0.15, 0.2) is 0 Å². The van der Waals surface area contributed by atoms with Crippen molar-refractivity contribution in [2.45, 2.75) is 25.3 Å². The number of hydrogen-bond acceptors (Lipinski definition) is 2. The van der Waals surface area contributed by atoms with E-state index in [9.17, 15) is 4.79 Å². The van der Waals surface area contributed by atoms with E-state index in [2.05, 4.69) is 11.1 Å². The molecule has 0 saturated heterocycles. The van der Waals surface area contributed by atoms with E-state index in [4.69, 9.17) is 10.8 Å². The van der Waals surface area contributed by atoms with E-state index in [1.54, 1.807) is 0 Å². The Hall–Kier alpha value is -1.81. The molecule has 1 aromatic carbocycles. The van der Waals surface area contributed by atoms with Crippen LogP contribution in [-0.4, -0.2) is 22.1 Å². The van der Waals surface area contributed by atoms with Crippen molar-refractivity contribution in [3.8, 4) is 0 Å². The highest BCUT2D eigenvalue weighted by molar-refractivity contribution is 5.83. The number of aliphatic carboxylic acids is 1. The molecule has 17 heavy (non-hydrogen) atoms. The van der Waals surface area contributed by atoms with Crippen molar-refractivity contribution in [1.29, 1.82) is 0 Å². The minimum Gasteiger partial charge on any atom is -0.480 e. The molecule has 1 aromatic heterocycles. The van der Waals surface area contributed by atoms with Crippen molar-refractivity contribution in [2.24, 2.45) is 5.73 Å². The number of carbonyl (C=O) groups is 1. The Labute approximate surface area is 99.4 Å². The molecule has 0 aliphatic rings. The maximum Gasteiger partial charge on any atom is 0.320 e. The number of benzene rings is 1. The molecule has 90 valence electrons. The van der Waals surface area contributed by atoms with Gasteiger partial charge in [0.2, 0.25) is 0 Å². The minimum atomic E-state index is -0.927. The maximum atomic E-state index is 10.6. The highest BCUT2D eigenvalue weighted by atomic mass is 16.4. The molecule has 2 aromatic rings. The van der Waals surface area contributed by atoms with Crippen LogP contribution in [0, 0.1) is 0 Å². The standard InChI is InChI=1S/C13H16N2O2/c14-11(13(16)17)6-3-4-9-8-15-12-7-2-1-5-10(9)12/h1-2,5,7-8,11,15H,3-4,6,14H2,(H,16,17). The van der Waals surface area contributed by atoms with E-state index in [0.29, 0.717) is 6.42 Å². The molecular weight excluding hydrogens is 216 g/mol. The number of carboxylic acids is 1. The van der Waals surface area contributed by atoms with Crippen LogP contribution < -0.4 is 5.73 Å². The number of hydrogen-bond donors (Lipinski definition) is 3. The molecule has 0 spiro atoms. The fraction of sp³-hybridized carbons (Fsp3) is 0.308. The first-order valence-corrected chi connectivity index (χ1v) is 5.72. The Kier molecular flexibility index (Phi) is 3.44. The number of nitrogens with two attached hydrogens (primary N) is 1. The smallest absolute Gasteiger partial charge is 0.320 e. The fourth-order valence-corrected chi connectivity index (χ4v) is 1.97. The molecule has 0 aliphatic heterocycles. The van der Waals surface area contributed by atoms with Crippen LogP contribution in [0.3, 0.4) is 0 Å². The lowest BCUT2D eigenvalue weighted by atomic mass is 10.0. The number of fused-ring (bicyclic) bond motifs is 1. The predicted molar refractivity (Wildman–Crippen MR) is 66.8 cm³/mol. The minimum absolute atomic E-state index is 0.509. The number of carboxylic acid groups (broad SMARTS) is 1. The summed E-state index contributed by atoms with van der Waals surface area (Å²) in [6.45, 7) is 0. The topological polar surface area (TPSA) is 79.1 Å². The van der Waals surface area contributed by atoms with Crippen molar-refractivity contribution < 1.29 is 9.90 Å². The van der Waals surface area contributed by atoms with Crippen LogP contribution in [0.2, 0.25) is 0 Å². The van der Waals surface area contributed by atoms with Gasteiger partial charge in [-0.15, -0.1) is 0 Å². The summed E-state index contributed by atoms with van der Waals surface area (Å²) in [6.07, 6.45) is 4.13. The van der Waals surface area contributed by atoms with Crippen LogP contribution >= 0.6 is 0 Å². The van der Waals surface area contributed by atoms with Gasteiger partial charge >= 0.3 is 5.97 Å². The van der Waals surface area contributed by atoms with Gasteiger partial charge in [-0.05, 0) is 30.9 Å². The number of aromatic nitrogens is 1. The van der Waals surface area contributed by atoms with Crippen LogP contribution in [0.15, 0.2) is 30.5 Å². The van der Waals surface area contributed by atoms with Gasteiger partial charge in [0.25, 0.3) is 0 Å². The number of para-hydroxylation sites is 1. The average Bonchev–Trinajstić information content (AvgIpc) is 2.72. The van der Waals surface area contributed by atoms with Gasteiger partial charge in [-0.2, -0.15) is 0 Å². The molecule has 0 bridgehead atoms. The zero-order valence-corrected chi connectivity index (χ0v) is 9.52. The Morgan fingerprint density at radius 3 is 2.94 bits per heavy atom. The van der Waals surface area contributed by atoms with Gasteiger partial charge in [0.1, 0.15) is 6.04 Å². The third-order valence-electron chi connectivity index (χ3n) is 2.95. The molecule has 1 unspecified atom stereocenters. The van der Waals surface area contributed by atoms with Crippen molar-refractivity contribution >= 4 is 16.9 Å². The zero-order valence-electron chi connectivity index (χ0n) is 9.52. The lowest BCUT2D eigenvalue weighted by Crippen LogP contribution is -2.29. The first-order chi connectivity index (χ1) is 8.18. The van der Waals surface area contributed by atoms with E-state index < -0.39 is 12.0 Å². The maximum absolute atomic E-state index is 10.6. The summed E-state index contributed by atoms with van der Waals surface area (Å²) in [6, 6.07) is 7.34. The monoisotopic (exact) mass is 232 g/mol. The fourth-order valence-electron chi connectivity index (χ4n) is 1.97.